The Morgan fingerprint density at radius 2 is 0.929 bits per heavy atom. The molecule has 2 heterocycles. The van der Waals surface area contributed by atoms with Gasteiger partial charge in [-0.2, -0.15) is 0 Å². The van der Waals surface area contributed by atoms with E-state index >= 15 is 0 Å². The summed E-state index contributed by atoms with van der Waals surface area (Å²) in [6.07, 6.45) is 3.48. The first-order valence-corrected chi connectivity index (χ1v) is 5.76. The monoisotopic (exact) mass is 196 g/mol. The number of hydrogen-bond donors (Lipinski definition) is 4. The second-order valence-electron chi connectivity index (χ2n) is 5.01. The van der Waals surface area contributed by atoms with Crippen molar-refractivity contribution in [3.05, 3.63) is 0 Å². The highest BCUT2D eigenvalue weighted by molar-refractivity contribution is 5.06. The Morgan fingerprint density at radius 1 is 0.643 bits per heavy atom. The third kappa shape index (κ3) is 1.37. The van der Waals surface area contributed by atoms with Gasteiger partial charge in [-0.1, -0.05) is 0 Å². The smallest absolute Gasteiger partial charge is 0.0547 e. The molecule has 4 N–H and O–H groups in total. The fourth-order valence-electron chi connectivity index (χ4n) is 3.32. The third-order valence-electron chi connectivity index (χ3n) is 3.84. The van der Waals surface area contributed by atoms with Crippen LogP contribution in [0, 0.1) is 0 Å². The van der Waals surface area contributed by atoms with Gasteiger partial charge in [0.1, 0.15) is 0 Å². The molecule has 4 unspecified atom stereocenters. The zero-order valence-corrected chi connectivity index (χ0v) is 8.88. The van der Waals surface area contributed by atoms with Crippen molar-refractivity contribution in [1.82, 2.24) is 21.3 Å². The molecule has 80 valence electrons. The summed E-state index contributed by atoms with van der Waals surface area (Å²) in [4.78, 5) is 0. The molecule has 1 saturated carbocycles. The maximum atomic E-state index is 3.60. The zero-order valence-electron chi connectivity index (χ0n) is 8.88. The molecule has 4 atom stereocenters. The Labute approximate surface area is 85.2 Å². The molecule has 4 nitrogen and oxygen atoms in total. The minimum atomic E-state index is 0.487. The molecule has 1 aliphatic carbocycles. The molecule has 0 amide bonds. The number of rotatable bonds is 0. The lowest BCUT2D eigenvalue weighted by Gasteiger charge is -2.33. The maximum absolute atomic E-state index is 3.60. The lowest BCUT2D eigenvalue weighted by Crippen LogP contribution is -2.51. The Kier molecular flexibility index (Phi) is 2.06. The first kappa shape index (κ1) is 9.09. The summed E-state index contributed by atoms with van der Waals surface area (Å²) in [6, 6.07) is 2.69. The molecule has 0 spiro atoms. The van der Waals surface area contributed by atoms with Crippen molar-refractivity contribution in [2.24, 2.45) is 0 Å². The molecule has 0 aromatic carbocycles. The van der Waals surface area contributed by atoms with Gasteiger partial charge in [0.15, 0.2) is 0 Å². The molecule has 0 aromatic heterocycles. The molecule has 3 aliphatic rings. The van der Waals surface area contributed by atoms with E-state index in [0.717, 1.165) is 0 Å². The minimum Gasteiger partial charge on any atom is -0.298 e. The lowest BCUT2D eigenvalue weighted by molar-refractivity contribution is 0.295. The fourth-order valence-corrected chi connectivity index (χ4v) is 3.32. The van der Waals surface area contributed by atoms with Gasteiger partial charge in [0.05, 0.1) is 12.3 Å². The highest BCUT2D eigenvalue weighted by Gasteiger charge is 2.44. The average Bonchev–Trinajstić information content (AvgIpc) is 2.59. The second-order valence-corrected chi connectivity index (χ2v) is 5.01. The molecule has 0 aromatic rings. The molecule has 4 heteroatoms. The predicted molar refractivity (Wildman–Crippen MR) is 55.9 cm³/mol. The van der Waals surface area contributed by atoms with Crippen molar-refractivity contribution in [1.29, 1.82) is 0 Å². The third-order valence-corrected chi connectivity index (χ3v) is 3.84. The van der Waals surface area contributed by atoms with Crippen molar-refractivity contribution in [2.45, 2.75) is 63.2 Å². The molecule has 2 aliphatic heterocycles. The van der Waals surface area contributed by atoms with Crippen molar-refractivity contribution in [3.8, 4) is 0 Å². The van der Waals surface area contributed by atoms with Crippen molar-refractivity contribution in [2.75, 3.05) is 0 Å². The van der Waals surface area contributed by atoms with Crippen molar-refractivity contribution >= 4 is 0 Å². The van der Waals surface area contributed by atoms with Crippen LogP contribution in [0.25, 0.3) is 0 Å². The van der Waals surface area contributed by atoms with Crippen molar-refractivity contribution < 1.29 is 0 Å². The zero-order chi connectivity index (χ0) is 9.71. The summed E-state index contributed by atoms with van der Waals surface area (Å²) in [5, 5.41) is 14.4. The maximum Gasteiger partial charge on any atom is 0.0547 e. The number of fused-ring (bicyclic) bond motifs is 2. The van der Waals surface area contributed by atoms with Crippen molar-refractivity contribution in [3.63, 3.8) is 0 Å². The van der Waals surface area contributed by atoms with Crippen LogP contribution in [0.5, 0.6) is 0 Å². The predicted octanol–water partition coefficient (Wildman–Crippen LogP) is -0.668. The Hall–Kier alpha value is -0.160. The van der Waals surface area contributed by atoms with Gasteiger partial charge < -0.3 is 0 Å². The van der Waals surface area contributed by atoms with Gasteiger partial charge >= 0.3 is 0 Å². The molecule has 14 heavy (non-hydrogen) atoms. The van der Waals surface area contributed by atoms with E-state index in [4.69, 9.17) is 0 Å². The molecule has 3 fully saturated rings. The van der Waals surface area contributed by atoms with Gasteiger partial charge in [-0.3, -0.25) is 21.3 Å². The summed E-state index contributed by atoms with van der Waals surface area (Å²) in [7, 11) is 0. The van der Waals surface area contributed by atoms with Crippen LogP contribution in [-0.2, 0) is 0 Å². The Morgan fingerprint density at radius 3 is 1.21 bits per heavy atom. The first-order chi connectivity index (χ1) is 6.72. The standard InChI is InChI=1S/C10H20N4/c1-5-11-7-3-9-10(4-8(7)12-5)14-6(2)13-9/h5-14H,3-4H2,1-2H3. The van der Waals surface area contributed by atoms with Gasteiger partial charge in [-0.05, 0) is 26.7 Å². The van der Waals surface area contributed by atoms with Crippen LogP contribution in [0.4, 0.5) is 0 Å². The molecule has 2 saturated heterocycles. The second kappa shape index (κ2) is 3.17. The normalized spacial score (nSPS) is 57.0. The Bertz CT molecular complexity index is 188. The van der Waals surface area contributed by atoms with Crippen LogP contribution in [0.1, 0.15) is 26.7 Å². The van der Waals surface area contributed by atoms with E-state index < -0.39 is 0 Å². The van der Waals surface area contributed by atoms with Crippen LogP contribution in [-0.4, -0.2) is 36.5 Å². The highest BCUT2D eigenvalue weighted by atomic mass is 15.3. The molecule has 3 rings (SSSR count). The molecule has 0 radical (unpaired) electrons. The van der Waals surface area contributed by atoms with Gasteiger partial charge in [0.25, 0.3) is 0 Å². The van der Waals surface area contributed by atoms with Crippen LogP contribution >= 0.6 is 0 Å². The van der Waals surface area contributed by atoms with E-state index in [0.29, 0.717) is 36.5 Å². The topological polar surface area (TPSA) is 48.1 Å². The summed E-state index contributed by atoms with van der Waals surface area (Å²) < 4.78 is 0. The van der Waals surface area contributed by atoms with Gasteiger partial charge in [-0.25, -0.2) is 0 Å². The SMILES string of the molecule is CC1NC2CC3NC(C)NC3CC2N1. The van der Waals surface area contributed by atoms with Crippen LogP contribution in [0.15, 0.2) is 0 Å². The van der Waals surface area contributed by atoms with E-state index in [1.54, 1.807) is 0 Å². The quantitative estimate of drug-likeness (QED) is 0.415. The number of nitrogens with one attached hydrogen (secondary N) is 4. The van der Waals surface area contributed by atoms with E-state index in [-0.39, 0.29) is 0 Å². The van der Waals surface area contributed by atoms with E-state index in [2.05, 4.69) is 35.1 Å². The van der Waals surface area contributed by atoms with Crippen LogP contribution in [0.3, 0.4) is 0 Å². The van der Waals surface area contributed by atoms with E-state index in [1.807, 2.05) is 0 Å². The van der Waals surface area contributed by atoms with Crippen LogP contribution < -0.4 is 21.3 Å². The molecule has 0 bridgehead atoms. The average molecular weight is 196 g/mol. The lowest BCUT2D eigenvalue weighted by atomic mass is 9.85. The summed E-state index contributed by atoms with van der Waals surface area (Å²) >= 11 is 0. The van der Waals surface area contributed by atoms with E-state index in [1.165, 1.54) is 12.8 Å². The van der Waals surface area contributed by atoms with Gasteiger partial charge in [0, 0.05) is 24.2 Å². The minimum absolute atomic E-state index is 0.487. The fraction of sp³-hybridized carbons (Fsp3) is 1.00. The summed E-state index contributed by atoms with van der Waals surface area (Å²) in [6.45, 7) is 4.41. The highest BCUT2D eigenvalue weighted by Crippen LogP contribution is 2.26. The largest absolute Gasteiger partial charge is 0.298 e. The van der Waals surface area contributed by atoms with E-state index in [9.17, 15) is 0 Å². The summed E-state index contributed by atoms with van der Waals surface area (Å²) in [5.41, 5.74) is 0. The van der Waals surface area contributed by atoms with Gasteiger partial charge in [0.2, 0.25) is 0 Å². The first-order valence-electron chi connectivity index (χ1n) is 5.76. The molecular weight excluding hydrogens is 176 g/mol. The summed E-state index contributed by atoms with van der Waals surface area (Å²) in [5.74, 6) is 0. The number of hydrogen-bond acceptors (Lipinski definition) is 4. The van der Waals surface area contributed by atoms with Crippen LogP contribution in [0.2, 0.25) is 0 Å². The van der Waals surface area contributed by atoms with Gasteiger partial charge in [-0.15, -0.1) is 0 Å². The molecular formula is C10H20N4. The Balaban J connectivity index is 1.71.